The zero-order valence-electron chi connectivity index (χ0n) is 20.5. The molecule has 0 spiro atoms. The van der Waals surface area contributed by atoms with Gasteiger partial charge in [-0.25, -0.2) is 26.7 Å². The van der Waals surface area contributed by atoms with Gasteiger partial charge >= 0.3 is 12.2 Å². The number of sulfone groups is 1. The molecule has 2 amide bonds. The molecule has 1 N–H and O–H groups in total. The first-order chi connectivity index (χ1) is 17.8. The minimum Gasteiger partial charge on any atom is -0.331 e. The van der Waals surface area contributed by atoms with Crippen LogP contribution in [0.25, 0.3) is 5.69 Å². The molecule has 0 radical (unpaired) electrons. The topological polar surface area (TPSA) is 84.3 Å². The maximum absolute atomic E-state index is 14.8. The second-order valence-corrected chi connectivity index (χ2v) is 11.1. The van der Waals surface area contributed by atoms with Gasteiger partial charge in [-0.1, -0.05) is 13.3 Å². The molecular weight excluding hydrogens is 531 g/mol. The van der Waals surface area contributed by atoms with Crippen LogP contribution in [0.3, 0.4) is 0 Å². The van der Waals surface area contributed by atoms with Gasteiger partial charge in [0.25, 0.3) is 0 Å². The van der Waals surface area contributed by atoms with Crippen molar-refractivity contribution in [3.8, 4) is 5.69 Å². The minimum atomic E-state index is -4.77. The van der Waals surface area contributed by atoms with E-state index in [1.807, 2.05) is 0 Å². The van der Waals surface area contributed by atoms with Gasteiger partial charge in [0.15, 0.2) is 9.84 Å². The summed E-state index contributed by atoms with van der Waals surface area (Å²) in [6.45, 7) is 1.74. The van der Waals surface area contributed by atoms with Crippen molar-refractivity contribution >= 4 is 21.6 Å². The Balaban J connectivity index is 1.74. The summed E-state index contributed by atoms with van der Waals surface area (Å²) in [4.78, 5) is 13.8. The van der Waals surface area contributed by atoms with E-state index in [0.717, 1.165) is 30.7 Å². The van der Waals surface area contributed by atoms with Crippen LogP contribution in [0.1, 0.15) is 43.5 Å². The number of anilines is 1. The minimum absolute atomic E-state index is 0.0515. The second-order valence-electron chi connectivity index (χ2n) is 9.08. The van der Waals surface area contributed by atoms with Gasteiger partial charge in [0.2, 0.25) is 0 Å². The van der Waals surface area contributed by atoms with E-state index in [4.69, 9.17) is 0 Å². The standard InChI is InChI=1S/C25H25F5N4O3S/c1-3-4-20(18-13-17(38(2,36)37)9-10-19(18)27)32-24(35)33-22-14-31-34(16-7-5-15(26)6-8-16)21(22)11-12-23(33)25(28,29)30/h5-10,13-14,20,23H,3-4,11-12H2,1-2H3,(H,32,35). The summed E-state index contributed by atoms with van der Waals surface area (Å²) in [7, 11) is -3.71. The first-order valence-corrected chi connectivity index (χ1v) is 13.7. The predicted molar refractivity (Wildman–Crippen MR) is 130 cm³/mol. The van der Waals surface area contributed by atoms with E-state index in [1.54, 1.807) is 6.92 Å². The lowest BCUT2D eigenvalue weighted by atomic mass is 9.99. The molecule has 0 aliphatic carbocycles. The first kappa shape index (κ1) is 27.6. The largest absolute Gasteiger partial charge is 0.409 e. The molecule has 1 aromatic heterocycles. The average molecular weight is 557 g/mol. The van der Waals surface area contributed by atoms with Gasteiger partial charge in [-0.2, -0.15) is 18.3 Å². The van der Waals surface area contributed by atoms with Gasteiger partial charge in [0.05, 0.1) is 34.2 Å². The van der Waals surface area contributed by atoms with E-state index in [1.165, 1.54) is 28.9 Å². The highest BCUT2D eigenvalue weighted by atomic mass is 32.2. The molecule has 0 saturated carbocycles. The van der Waals surface area contributed by atoms with Crippen molar-refractivity contribution in [2.75, 3.05) is 11.2 Å². The Kier molecular flexibility index (Phi) is 7.51. The number of carbonyl (C=O) groups is 1. The number of amides is 2. The van der Waals surface area contributed by atoms with E-state index in [9.17, 15) is 35.2 Å². The summed E-state index contributed by atoms with van der Waals surface area (Å²) in [5, 5.41) is 6.64. The van der Waals surface area contributed by atoms with Crippen LogP contribution >= 0.6 is 0 Å². The summed E-state index contributed by atoms with van der Waals surface area (Å²) in [5.74, 6) is -1.30. The number of fused-ring (bicyclic) bond motifs is 1. The number of aromatic nitrogens is 2. The van der Waals surface area contributed by atoms with Crippen LogP contribution in [0, 0.1) is 11.6 Å². The van der Waals surface area contributed by atoms with Crippen LogP contribution in [0.15, 0.2) is 53.6 Å². The van der Waals surface area contributed by atoms with Crippen LogP contribution < -0.4 is 10.2 Å². The quantitative estimate of drug-likeness (QED) is 0.322. The third kappa shape index (κ3) is 5.52. The van der Waals surface area contributed by atoms with E-state index in [-0.39, 0.29) is 29.0 Å². The van der Waals surface area contributed by atoms with Crippen molar-refractivity contribution in [2.45, 2.75) is 55.8 Å². The molecule has 2 heterocycles. The van der Waals surface area contributed by atoms with E-state index in [2.05, 4.69) is 10.4 Å². The fourth-order valence-corrected chi connectivity index (χ4v) is 5.23. The maximum Gasteiger partial charge on any atom is 0.409 e. The highest BCUT2D eigenvalue weighted by molar-refractivity contribution is 7.90. The van der Waals surface area contributed by atoms with Crippen molar-refractivity contribution in [3.05, 3.63) is 71.6 Å². The smallest absolute Gasteiger partial charge is 0.331 e. The molecule has 2 aromatic carbocycles. The van der Waals surface area contributed by atoms with Gasteiger partial charge in [0, 0.05) is 11.8 Å². The molecule has 204 valence electrons. The number of hydrogen-bond donors (Lipinski definition) is 1. The zero-order valence-corrected chi connectivity index (χ0v) is 21.3. The van der Waals surface area contributed by atoms with Gasteiger partial charge in [-0.15, -0.1) is 0 Å². The summed E-state index contributed by atoms with van der Waals surface area (Å²) in [6.07, 6.45) is -2.63. The Morgan fingerprint density at radius 2 is 1.84 bits per heavy atom. The van der Waals surface area contributed by atoms with Crippen LogP contribution in [-0.2, 0) is 16.3 Å². The van der Waals surface area contributed by atoms with Gasteiger partial charge in [0.1, 0.15) is 17.7 Å². The van der Waals surface area contributed by atoms with Gasteiger partial charge in [-0.3, -0.25) is 4.90 Å². The molecule has 2 atom stereocenters. The number of nitrogens with one attached hydrogen (secondary N) is 1. The fourth-order valence-electron chi connectivity index (χ4n) is 4.57. The lowest BCUT2D eigenvalue weighted by Crippen LogP contribution is -2.55. The van der Waals surface area contributed by atoms with Crippen LogP contribution in [0.2, 0.25) is 0 Å². The number of urea groups is 1. The van der Waals surface area contributed by atoms with Crippen molar-refractivity contribution in [1.29, 1.82) is 0 Å². The molecule has 0 saturated heterocycles. The Labute approximate surface area is 216 Å². The van der Waals surface area contributed by atoms with Crippen molar-refractivity contribution in [3.63, 3.8) is 0 Å². The average Bonchev–Trinajstić information content (AvgIpc) is 3.27. The van der Waals surface area contributed by atoms with E-state index >= 15 is 0 Å². The molecule has 38 heavy (non-hydrogen) atoms. The third-order valence-corrected chi connectivity index (χ3v) is 7.50. The Morgan fingerprint density at radius 3 is 2.45 bits per heavy atom. The number of halogens is 5. The highest BCUT2D eigenvalue weighted by Gasteiger charge is 2.49. The van der Waals surface area contributed by atoms with Crippen LogP contribution in [0.5, 0.6) is 0 Å². The molecule has 1 aliphatic heterocycles. The third-order valence-electron chi connectivity index (χ3n) is 6.39. The maximum atomic E-state index is 14.8. The molecule has 2 unspecified atom stereocenters. The first-order valence-electron chi connectivity index (χ1n) is 11.8. The summed E-state index contributed by atoms with van der Waals surface area (Å²) >= 11 is 0. The fraction of sp³-hybridized carbons (Fsp3) is 0.360. The number of nitrogens with zero attached hydrogens (tertiary/aromatic N) is 3. The van der Waals surface area contributed by atoms with E-state index in [0.29, 0.717) is 22.7 Å². The van der Waals surface area contributed by atoms with Crippen molar-refractivity contribution in [1.82, 2.24) is 15.1 Å². The van der Waals surface area contributed by atoms with E-state index < -0.39 is 52.2 Å². The molecule has 4 rings (SSSR count). The molecular formula is C25H25F5N4O3S. The number of alkyl halides is 3. The second kappa shape index (κ2) is 10.4. The lowest BCUT2D eigenvalue weighted by molar-refractivity contribution is -0.149. The normalized spacial score (nSPS) is 16.7. The Morgan fingerprint density at radius 1 is 1.16 bits per heavy atom. The molecule has 7 nitrogen and oxygen atoms in total. The van der Waals surface area contributed by atoms with Gasteiger partial charge in [-0.05, 0) is 61.7 Å². The molecule has 3 aromatic rings. The van der Waals surface area contributed by atoms with Crippen molar-refractivity contribution < 1.29 is 35.2 Å². The summed E-state index contributed by atoms with van der Waals surface area (Å²) in [5.41, 5.74) is 0.499. The van der Waals surface area contributed by atoms with Crippen LogP contribution in [-0.4, -0.2) is 42.7 Å². The number of carbonyl (C=O) groups excluding carboxylic acids is 1. The Hall–Kier alpha value is -3.48. The molecule has 1 aliphatic rings. The van der Waals surface area contributed by atoms with Crippen LogP contribution in [0.4, 0.5) is 32.4 Å². The SMILES string of the molecule is CCCC(NC(=O)N1c2cnn(-c3ccc(F)cc3)c2CCC1C(F)(F)F)c1cc(S(C)(=O)=O)ccc1F. The predicted octanol–water partition coefficient (Wildman–Crippen LogP) is 5.49. The highest BCUT2D eigenvalue weighted by Crippen LogP contribution is 2.39. The zero-order chi connectivity index (χ0) is 27.8. The number of hydrogen-bond acceptors (Lipinski definition) is 4. The van der Waals surface area contributed by atoms with Crippen molar-refractivity contribution in [2.24, 2.45) is 0 Å². The Bertz CT molecular complexity index is 1440. The summed E-state index contributed by atoms with van der Waals surface area (Å²) < 4.78 is 95.7. The number of rotatable bonds is 6. The number of benzene rings is 2. The molecule has 13 heteroatoms. The molecule has 0 fully saturated rings. The monoisotopic (exact) mass is 556 g/mol. The lowest BCUT2D eigenvalue weighted by Gasteiger charge is -2.37. The molecule has 0 bridgehead atoms. The summed E-state index contributed by atoms with van der Waals surface area (Å²) in [6, 6.07) is 3.92. The van der Waals surface area contributed by atoms with Gasteiger partial charge < -0.3 is 5.32 Å².